The molecule has 1 N–H and O–H groups in total. The molecule has 1 saturated heterocycles. The molecule has 0 saturated carbocycles. The van der Waals surface area contributed by atoms with Gasteiger partial charge in [0.05, 0.1) is 25.2 Å². The first-order chi connectivity index (χ1) is 15.1. The maximum atomic E-state index is 12.8. The van der Waals surface area contributed by atoms with Gasteiger partial charge in [-0.15, -0.1) is 0 Å². The summed E-state index contributed by atoms with van der Waals surface area (Å²) < 4.78 is 15.8. The van der Waals surface area contributed by atoms with Gasteiger partial charge in [-0.2, -0.15) is 4.98 Å². The molecule has 2 aromatic carbocycles. The van der Waals surface area contributed by atoms with Crippen LogP contribution in [-0.4, -0.2) is 43.4 Å². The molecule has 31 heavy (non-hydrogen) atoms. The Morgan fingerprint density at radius 1 is 1.19 bits per heavy atom. The Balaban J connectivity index is 1.41. The van der Waals surface area contributed by atoms with Crippen molar-refractivity contribution in [3.63, 3.8) is 0 Å². The summed E-state index contributed by atoms with van der Waals surface area (Å²) >= 11 is 6.15. The summed E-state index contributed by atoms with van der Waals surface area (Å²) in [6, 6.07) is 13.0. The standard InChI is InChI=1S/C22H23ClN4O4/c1-29-17-8-5-14(6-9-17)20-25-22(31-26-20)27-11-3-4-15(13-27)21(28)24-16-7-10-19(30-2)18(23)12-16/h5-10,12,15H,3-4,11,13H2,1-2H3,(H,24,28). The zero-order valence-electron chi connectivity index (χ0n) is 17.3. The first kappa shape index (κ1) is 21.0. The SMILES string of the molecule is COc1ccc(-c2noc(N3CCCC(C(=O)Nc4ccc(OC)c(Cl)c4)C3)n2)cc1. The molecule has 4 rings (SSSR count). The lowest BCUT2D eigenvalue weighted by Crippen LogP contribution is -2.41. The summed E-state index contributed by atoms with van der Waals surface area (Å²) in [4.78, 5) is 19.3. The van der Waals surface area contributed by atoms with Crippen LogP contribution in [0.5, 0.6) is 11.5 Å². The third-order valence-electron chi connectivity index (χ3n) is 5.25. The molecule has 1 unspecified atom stereocenters. The van der Waals surface area contributed by atoms with Crippen LogP contribution >= 0.6 is 11.6 Å². The Labute approximate surface area is 185 Å². The van der Waals surface area contributed by atoms with Crippen molar-refractivity contribution in [2.45, 2.75) is 12.8 Å². The number of carbonyl (C=O) groups is 1. The average Bonchev–Trinajstić information content (AvgIpc) is 3.30. The maximum absolute atomic E-state index is 12.8. The maximum Gasteiger partial charge on any atom is 0.324 e. The quantitative estimate of drug-likeness (QED) is 0.609. The van der Waals surface area contributed by atoms with Crippen LogP contribution in [0.15, 0.2) is 47.0 Å². The number of methoxy groups -OCH3 is 2. The minimum absolute atomic E-state index is 0.0687. The predicted octanol–water partition coefficient (Wildman–Crippen LogP) is 4.26. The lowest BCUT2D eigenvalue weighted by atomic mass is 9.97. The molecule has 9 heteroatoms. The Morgan fingerprint density at radius 2 is 2.00 bits per heavy atom. The summed E-state index contributed by atoms with van der Waals surface area (Å²) in [6.45, 7) is 1.25. The van der Waals surface area contributed by atoms with Crippen LogP contribution < -0.4 is 19.7 Å². The highest BCUT2D eigenvalue weighted by atomic mass is 35.5. The Kier molecular flexibility index (Phi) is 6.27. The van der Waals surface area contributed by atoms with Gasteiger partial charge in [-0.25, -0.2) is 0 Å². The first-order valence-corrected chi connectivity index (χ1v) is 10.3. The van der Waals surface area contributed by atoms with E-state index in [1.165, 1.54) is 0 Å². The number of hydrogen-bond acceptors (Lipinski definition) is 7. The molecule has 1 atom stereocenters. The number of carbonyl (C=O) groups excluding carboxylic acids is 1. The molecule has 1 fully saturated rings. The van der Waals surface area contributed by atoms with Gasteiger partial charge in [-0.05, 0) is 55.3 Å². The molecule has 0 spiro atoms. The molecule has 3 aromatic rings. The van der Waals surface area contributed by atoms with Gasteiger partial charge < -0.3 is 24.2 Å². The largest absolute Gasteiger partial charge is 0.497 e. The van der Waals surface area contributed by atoms with Gasteiger partial charge in [0.15, 0.2) is 0 Å². The number of amides is 1. The van der Waals surface area contributed by atoms with E-state index >= 15 is 0 Å². The zero-order valence-corrected chi connectivity index (χ0v) is 18.1. The molecule has 1 amide bonds. The number of hydrogen-bond donors (Lipinski definition) is 1. The van der Waals surface area contributed by atoms with E-state index in [-0.39, 0.29) is 11.8 Å². The highest BCUT2D eigenvalue weighted by Crippen LogP contribution is 2.29. The van der Waals surface area contributed by atoms with Gasteiger partial charge in [0.25, 0.3) is 0 Å². The molecule has 0 radical (unpaired) electrons. The molecule has 0 bridgehead atoms. The van der Waals surface area contributed by atoms with E-state index in [0.29, 0.717) is 34.8 Å². The first-order valence-electron chi connectivity index (χ1n) is 9.95. The molecule has 8 nitrogen and oxygen atoms in total. The van der Waals surface area contributed by atoms with Crippen LogP contribution in [0.2, 0.25) is 5.02 Å². The third-order valence-corrected chi connectivity index (χ3v) is 5.54. The number of piperidine rings is 1. The van der Waals surface area contributed by atoms with Crippen molar-refractivity contribution >= 4 is 29.2 Å². The summed E-state index contributed by atoms with van der Waals surface area (Å²) in [6.07, 6.45) is 1.63. The van der Waals surface area contributed by atoms with Crippen molar-refractivity contribution in [1.29, 1.82) is 0 Å². The summed E-state index contributed by atoms with van der Waals surface area (Å²) in [5, 5.41) is 7.47. The number of ether oxygens (including phenoxy) is 2. The molecule has 1 aromatic heterocycles. The minimum atomic E-state index is -0.203. The van der Waals surface area contributed by atoms with E-state index in [1.54, 1.807) is 32.4 Å². The van der Waals surface area contributed by atoms with Crippen molar-refractivity contribution in [1.82, 2.24) is 10.1 Å². The van der Waals surface area contributed by atoms with Gasteiger partial charge >= 0.3 is 6.01 Å². The van der Waals surface area contributed by atoms with E-state index in [9.17, 15) is 4.79 Å². The number of halogens is 1. The van der Waals surface area contributed by atoms with Gasteiger partial charge in [-0.3, -0.25) is 4.79 Å². The van der Waals surface area contributed by atoms with E-state index < -0.39 is 0 Å². The Bertz CT molecular complexity index is 1050. The molecule has 1 aliphatic heterocycles. The number of benzene rings is 2. The lowest BCUT2D eigenvalue weighted by molar-refractivity contribution is -0.120. The second-order valence-corrected chi connectivity index (χ2v) is 7.66. The van der Waals surface area contributed by atoms with Crippen molar-refractivity contribution < 1.29 is 18.8 Å². The monoisotopic (exact) mass is 442 g/mol. The van der Waals surface area contributed by atoms with E-state index in [0.717, 1.165) is 30.7 Å². The van der Waals surface area contributed by atoms with Crippen molar-refractivity contribution in [2.75, 3.05) is 37.5 Å². The molecule has 0 aliphatic carbocycles. The van der Waals surface area contributed by atoms with Crippen LogP contribution in [0, 0.1) is 5.92 Å². The molecule has 162 valence electrons. The normalized spacial score (nSPS) is 16.1. The number of anilines is 2. The van der Waals surface area contributed by atoms with E-state index in [2.05, 4.69) is 15.5 Å². The Hall–Kier alpha value is -3.26. The Morgan fingerprint density at radius 3 is 2.71 bits per heavy atom. The second-order valence-electron chi connectivity index (χ2n) is 7.25. The van der Waals surface area contributed by atoms with Gasteiger partial charge in [0.2, 0.25) is 11.7 Å². The highest BCUT2D eigenvalue weighted by Gasteiger charge is 2.29. The van der Waals surface area contributed by atoms with Crippen LogP contribution in [-0.2, 0) is 4.79 Å². The summed E-state index contributed by atoms with van der Waals surface area (Å²) in [5.41, 5.74) is 1.46. The van der Waals surface area contributed by atoms with Crippen molar-refractivity contribution in [3.8, 4) is 22.9 Å². The fraction of sp³-hybridized carbons (Fsp3) is 0.318. The van der Waals surface area contributed by atoms with Crippen LogP contribution in [0.25, 0.3) is 11.4 Å². The summed E-state index contributed by atoms with van der Waals surface area (Å²) in [5.74, 6) is 1.55. The van der Waals surface area contributed by atoms with Gasteiger partial charge in [0, 0.05) is 24.3 Å². The number of nitrogens with zero attached hydrogens (tertiary/aromatic N) is 3. The number of aromatic nitrogens is 2. The predicted molar refractivity (Wildman–Crippen MR) is 118 cm³/mol. The zero-order chi connectivity index (χ0) is 21.8. The molecule has 2 heterocycles. The number of nitrogens with one attached hydrogen (secondary N) is 1. The topological polar surface area (TPSA) is 89.7 Å². The molecule has 1 aliphatic rings. The third kappa shape index (κ3) is 4.74. The molecular formula is C22H23ClN4O4. The van der Waals surface area contributed by atoms with Crippen molar-refractivity contribution in [3.05, 3.63) is 47.5 Å². The fourth-order valence-corrected chi connectivity index (χ4v) is 3.81. The summed E-state index contributed by atoms with van der Waals surface area (Å²) in [7, 11) is 3.17. The molecular weight excluding hydrogens is 420 g/mol. The highest BCUT2D eigenvalue weighted by molar-refractivity contribution is 6.32. The van der Waals surface area contributed by atoms with Gasteiger partial charge in [0.1, 0.15) is 11.5 Å². The lowest BCUT2D eigenvalue weighted by Gasteiger charge is -2.30. The van der Waals surface area contributed by atoms with Gasteiger partial charge in [-0.1, -0.05) is 16.8 Å². The van der Waals surface area contributed by atoms with Crippen LogP contribution in [0.1, 0.15) is 12.8 Å². The smallest absolute Gasteiger partial charge is 0.324 e. The van der Waals surface area contributed by atoms with Crippen LogP contribution in [0.4, 0.5) is 11.7 Å². The average molecular weight is 443 g/mol. The second kappa shape index (κ2) is 9.26. The van der Waals surface area contributed by atoms with Crippen molar-refractivity contribution in [2.24, 2.45) is 5.92 Å². The van der Waals surface area contributed by atoms with Crippen LogP contribution in [0.3, 0.4) is 0 Å². The minimum Gasteiger partial charge on any atom is -0.497 e. The number of rotatable bonds is 6. The van der Waals surface area contributed by atoms with E-state index in [1.807, 2.05) is 29.2 Å². The van der Waals surface area contributed by atoms with E-state index in [4.69, 9.17) is 25.6 Å². The fourth-order valence-electron chi connectivity index (χ4n) is 3.55.